The predicted octanol–water partition coefficient (Wildman–Crippen LogP) is 1.50. The molecule has 2 fully saturated rings. The van der Waals surface area contributed by atoms with Gasteiger partial charge in [-0.1, -0.05) is 0 Å². The lowest BCUT2D eigenvalue weighted by atomic mass is 10.2. The molecule has 0 unspecified atom stereocenters. The van der Waals surface area contributed by atoms with Gasteiger partial charge in [0.15, 0.2) is 0 Å². The molecule has 0 aromatic carbocycles. The molecule has 18 heavy (non-hydrogen) atoms. The van der Waals surface area contributed by atoms with Crippen LogP contribution in [0.25, 0.3) is 0 Å². The van der Waals surface area contributed by atoms with Crippen LogP contribution in [0.4, 0.5) is 4.79 Å². The highest BCUT2D eigenvalue weighted by Crippen LogP contribution is 2.34. The molecule has 0 aromatic heterocycles. The van der Waals surface area contributed by atoms with E-state index in [-0.39, 0.29) is 11.6 Å². The molecule has 1 amide bonds. The Hall–Kier alpha value is -0.810. The van der Waals surface area contributed by atoms with E-state index in [9.17, 15) is 4.79 Å². The Morgan fingerprint density at radius 3 is 2.22 bits per heavy atom. The third kappa shape index (κ3) is 8.31. The first-order valence-corrected chi connectivity index (χ1v) is 6.72. The number of hydrogen-bond acceptors (Lipinski definition) is 4. The van der Waals surface area contributed by atoms with E-state index < -0.39 is 5.60 Å². The molecule has 2 rings (SSSR count). The third-order valence-corrected chi connectivity index (χ3v) is 2.81. The van der Waals surface area contributed by atoms with Crippen molar-refractivity contribution >= 4 is 6.09 Å². The molecule has 0 heterocycles. The van der Waals surface area contributed by atoms with Gasteiger partial charge in [-0.25, -0.2) is 4.79 Å². The molecule has 0 aromatic rings. The molecule has 0 spiro atoms. The SMILES string of the molecule is CC(C)(C)OC(=O)NCCC1(N)CC1.NC1CC1. The van der Waals surface area contributed by atoms with E-state index in [4.69, 9.17) is 16.2 Å². The predicted molar refractivity (Wildman–Crippen MR) is 72.2 cm³/mol. The first-order chi connectivity index (χ1) is 8.20. The van der Waals surface area contributed by atoms with Crippen LogP contribution < -0.4 is 16.8 Å². The minimum Gasteiger partial charge on any atom is -0.444 e. The second kappa shape index (κ2) is 5.89. The zero-order valence-electron chi connectivity index (χ0n) is 11.8. The van der Waals surface area contributed by atoms with Gasteiger partial charge in [-0.3, -0.25) is 0 Å². The lowest BCUT2D eigenvalue weighted by molar-refractivity contribution is 0.0526. The molecular formula is C13H27N3O2. The molecule has 0 saturated heterocycles. The van der Waals surface area contributed by atoms with E-state index in [0.717, 1.165) is 19.3 Å². The summed E-state index contributed by atoms with van der Waals surface area (Å²) in [7, 11) is 0. The van der Waals surface area contributed by atoms with Crippen LogP contribution in [0, 0.1) is 0 Å². The second-order valence-corrected chi connectivity index (χ2v) is 6.38. The number of hydrogen-bond donors (Lipinski definition) is 3. The molecule has 0 atom stereocenters. The largest absolute Gasteiger partial charge is 0.444 e. The normalized spacial score (nSPS) is 20.5. The average Bonchev–Trinajstić information content (AvgIpc) is 3.07. The van der Waals surface area contributed by atoms with Gasteiger partial charge in [0.1, 0.15) is 5.60 Å². The Morgan fingerprint density at radius 1 is 1.39 bits per heavy atom. The highest BCUT2D eigenvalue weighted by Gasteiger charge is 2.37. The Balaban J connectivity index is 0.000000341. The van der Waals surface area contributed by atoms with Crippen molar-refractivity contribution in [1.29, 1.82) is 0 Å². The lowest BCUT2D eigenvalue weighted by Crippen LogP contribution is -2.35. The molecule has 5 heteroatoms. The standard InChI is InChI=1S/C10H20N2O2.C3H7N/c1-9(2,3)14-8(13)12-7-6-10(11)4-5-10;4-3-1-2-3/h4-7,11H2,1-3H3,(H,12,13);3H,1-2,4H2. The summed E-state index contributed by atoms with van der Waals surface area (Å²) in [4.78, 5) is 11.2. The molecule has 5 nitrogen and oxygen atoms in total. The van der Waals surface area contributed by atoms with Crippen LogP contribution in [0.1, 0.15) is 52.9 Å². The topological polar surface area (TPSA) is 90.4 Å². The Morgan fingerprint density at radius 2 is 1.89 bits per heavy atom. The maximum Gasteiger partial charge on any atom is 0.407 e. The fraction of sp³-hybridized carbons (Fsp3) is 0.923. The first kappa shape index (κ1) is 15.2. The number of ether oxygens (including phenoxy) is 1. The maximum atomic E-state index is 11.2. The minimum atomic E-state index is -0.427. The van der Waals surface area contributed by atoms with Crippen molar-refractivity contribution in [2.24, 2.45) is 11.5 Å². The molecule has 106 valence electrons. The van der Waals surface area contributed by atoms with E-state index in [1.54, 1.807) is 0 Å². The van der Waals surface area contributed by atoms with Gasteiger partial charge < -0.3 is 21.5 Å². The summed E-state index contributed by atoms with van der Waals surface area (Å²) in [6.07, 6.45) is 5.15. The summed E-state index contributed by atoms with van der Waals surface area (Å²) in [5, 5.41) is 2.69. The van der Waals surface area contributed by atoms with Gasteiger partial charge in [-0.05, 0) is 52.9 Å². The number of carbonyl (C=O) groups excluding carboxylic acids is 1. The zero-order valence-corrected chi connectivity index (χ0v) is 11.8. The Kier molecular flexibility index (Phi) is 4.99. The van der Waals surface area contributed by atoms with Crippen molar-refractivity contribution in [3.05, 3.63) is 0 Å². The van der Waals surface area contributed by atoms with Crippen molar-refractivity contribution in [2.45, 2.75) is 70.1 Å². The molecule has 0 bridgehead atoms. The first-order valence-electron chi connectivity index (χ1n) is 6.72. The van der Waals surface area contributed by atoms with E-state index >= 15 is 0 Å². The molecule has 2 aliphatic rings. The molecule has 2 aliphatic carbocycles. The molecule has 5 N–H and O–H groups in total. The van der Waals surface area contributed by atoms with Gasteiger partial charge >= 0.3 is 6.09 Å². The fourth-order valence-electron chi connectivity index (χ4n) is 1.23. The lowest BCUT2D eigenvalue weighted by Gasteiger charge is -2.20. The smallest absolute Gasteiger partial charge is 0.407 e. The summed E-state index contributed by atoms with van der Waals surface area (Å²) in [6, 6.07) is 0.583. The highest BCUT2D eigenvalue weighted by molar-refractivity contribution is 5.67. The van der Waals surface area contributed by atoms with Crippen LogP contribution in [0.15, 0.2) is 0 Å². The van der Waals surface area contributed by atoms with Crippen LogP contribution in [-0.2, 0) is 4.74 Å². The van der Waals surface area contributed by atoms with Crippen molar-refractivity contribution in [3.63, 3.8) is 0 Å². The number of amides is 1. The maximum absolute atomic E-state index is 11.2. The zero-order chi connectivity index (χ0) is 13.8. The van der Waals surface area contributed by atoms with Crippen LogP contribution in [0.2, 0.25) is 0 Å². The molecular weight excluding hydrogens is 230 g/mol. The van der Waals surface area contributed by atoms with Gasteiger partial charge in [0, 0.05) is 18.1 Å². The molecule has 0 aliphatic heterocycles. The molecule has 0 radical (unpaired) electrons. The minimum absolute atomic E-state index is 0.00495. The number of carbonyl (C=O) groups is 1. The summed E-state index contributed by atoms with van der Waals surface area (Å²) in [6.45, 7) is 6.14. The number of alkyl carbamates (subject to hydrolysis) is 1. The van der Waals surface area contributed by atoms with Crippen LogP contribution in [0.5, 0.6) is 0 Å². The van der Waals surface area contributed by atoms with Crippen molar-refractivity contribution < 1.29 is 9.53 Å². The second-order valence-electron chi connectivity index (χ2n) is 6.38. The summed E-state index contributed by atoms with van der Waals surface area (Å²) < 4.78 is 5.08. The van der Waals surface area contributed by atoms with Gasteiger partial charge in [-0.15, -0.1) is 0 Å². The van der Waals surface area contributed by atoms with Crippen LogP contribution in [-0.4, -0.2) is 29.8 Å². The van der Waals surface area contributed by atoms with E-state index in [0.29, 0.717) is 12.6 Å². The van der Waals surface area contributed by atoms with E-state index in [2.05, 4.69) is 5.32 Å². The highest BCUT2D eigenvalue weighted by atomic mass is 16.6. The van der Waals surface area contributed by atoms with Crippen molar-refractivity contribution in [1.82, 2.24) is 5.32 Å². The Labute approximate surface area is 110 Å². The van der Waals surface area contributed by atoms with E-state index in [1.165, 1.54) is 12.8 Å². The van der Waals surface area contributed by atoms with E-state index in [1.807, 2.05) is 20.8 Å². The number of nitrogens with two attached hydrogens (primary N) is 2. The quantitative estimate of drug-likeness (QED) is 0.714. The third-order valence-electron chi connectivity index (χ3n) is 2.81. The number of rotatable bonds is 3. The summed E-state index contributed by atoms with van der Waals surface area (Å²) >= 11 is 0. The number of nitrogens with one attached hydrogen (secondary N) is 1. The fourth-order valence-corrected chi connectivity index (χ4v) is 1.23. The molecule has 2 saturated carbocycles. The van der Waals surface area contributed by atoms with Crippen LogP contribution in [0.3, 0.4) is 0 Å². The Bertz CT molecular complexity index is 278. The van der Waals surface area contributed by atoms with Crippen LogP contribution >= 0.6 is 0 Å². The van der Waals surface area contributed by atoms with Gasteiger partial charge in [0.25, 0.3) is 0 Å². The van der Waals surface area contributed by atoms with Gasteiger partial charge in [0.05, 0.1) is 0 Å². The summed E-state index contributed by atoms with van der Waals surface area (Å²) in [5.74, 6) is 0. The monoisotopic (exact) mass is 257 g/mol. The van der Waals surface area contributed by atoms with Gasteiger partial charge in [0.2, 0.25) is 0 Å². The van der Waals surface area contributed by atoms with Gasteiger partial charge in [-0.2, -0.15) is 0 Å². The summed E-state index contributed by atoms with van der Waals surface area (Å²) in [5.41, 5.74) is 10.7. The average molecular weight is 257 g/mol. The van der Waals surface area contributed by atoms with Crippen molar-refractivity contribution in [3.8, 4) is 0 Å². The van der Waals surface area contributed by atoms with Crippen molar-refractivity contribution in [2.75, 3.05) is 6.54 Å².